The van der Waals surface area contributed by atoms with Crippen molar-refractivity contribution in [1.29, 1.82) is 0 Å². The Balaban J connectivity index is 1.81. The van der Waals surface area contributed by atoms with Crippen LogP contribution in [0.1, 0.15) is 23.0 Å². The molecule has 0 saturated carbocycles. The second-order valence-corrected chi connectivity index (χ2v) is 7.67. The molecular weight excluding hydrogens is 440 g/mol. The number of carbonyl (C=O) groups is 1. The zero-order chi connectivity index (χ0) is 23.2. The molecule has 33 heavy (non-hydrogen) atoms. The van der Waals surface area contributed by atoms with Crippen LogP contribution in [0.4, 0.5) is 0 Å². The first-order valence-electron chi connectivity index (χ1n) is 10.5. The van der Waals surface area contributed by atoms with Crippen molar-refractivity contribution in [3.8, 4) is 33.9 Å². The van der Waals surface area contributed by atoms with Crippen molar-refractivity contribution in [3.63, 3.8) is 0 Å². The Morgan fingerprint density at radius 3 is 2.52 bits per heavy atom. The Morgan fingerprint density at radius 1 is 1.06 bits per heavy atom. The van der Waals surface area contributed by atoms with Gasteiger partial charge < -0.3 is 19.3 Å². The molecule has 3 aromatic carbocycles. The number of methoxy groups -OCH3 is 1. The van der Waals surface area contributed by atoms with E-state index in [0.717, 1.165) is 11.1 Å². The maximum Gasteiger partial charge on any atom is 0.274 e. The van der Waals surface area contributed by atoms with Gasteiger partial charge in [-0.1, -0.05) is 59.2 Å². The molecule has 6 nitrogen and oxygen atoms in total. The SMILES string of the molecule is CCNC(=O)c1noc(-c2cc(Cl)ccc2OCc2ccccc2)c1-c1ccc(OC)cc1. The first-order chi connectivity index (χ1) is 16.1. The van der Waals surface area contributed by atoms with Gasteiger partial charge in [0.15, 0.2) is 11.5 Å². The number of hydrogen-bond donors (Lipinski definition) is 1. The Labute approximate surface area is 197 Å². The van der Waals surface area contributed by atoms with Gasteiger partial charge in [0.25, 0.3) is 5.91 Å². The summed E-state index contributed by atoms with van der Waals surface area (Å²) in [4.78, 5) is 12.8. The number of hydrogen-bond acceptors (Lipinski definition) is 5. The summed E-state index contributed by atoms with van der Waals surface area (Å²) >= 11 is 6.33. The molecule has 7 heteroatoms. The fourth-order valence-corrected chi connectivity index (χ4v) is 3.61. The highest BCUT2D eigenvalue weighted by Gasteiger charge is 2.26. The zero-order valence-corrected chi connectivity index (χ0v) is 19.1. The molecule has 0 radical (unpaired) electrons. The van der Waals surface area contributed by atoms with Crippen LogP contribution in [0.3, 0.4) is 0 Å². The summed E-state index contributed by atoms with van der Waals surface area (Å²) in [6, 6.07) is 22.5. The average Bonchev–Trinajstić information content (AvgIpc) is 3.29. The van der Waals surface area contributed by atoms with Crippen molar-refractivity contribution in [2.75, 3.05) is 13.7 Å². The molecular formula is C26H23ClN2O4. The Hall–Kier alpha value is -3.77. The van der Waals surface area contributed by atoms with Crippen LogP contribution >= 0.6 is 11.6 Å². The third kappa shape index (κ3) is 5.02. The average molecular weight is 463 g/mol. The second kappa shape index (κ2) is 10.2. The minimum Gasteiger partial charge on any atom is -0.497 e. The van der Waals surface area contributed by atoms with Gasteiger partial charge in [0, 0.05) is 11.6 Å². The molecule has 0 fully saturated rings. The van der Waals surface area contributed by atoms with Gasteiger partial charge in [0.05, 0.1) is 18.2 Å². The summed E-state index contributed by atoms with van der Waals surface area (Å²) in [6.07, 6.45) is 0. The van der Waals surface area contributed by atoms with Crippen LogP contribution in [-0.4, -0.2) is 24.7 Å². The first-order valence-corrected chi connectivity index (χ1v) is 10.9. The summed E-state index contributed by atoms with van der Waals surface area (Å²) in [5.74, 6) is 1.33. The van der Waals surface area contributed by atoms with E-state index in [2.05, 4.69) is 10.5 Å². The topological polar surface area (TPSA) is 73.6 Å². The number of ether oxygens (including phenoxy) is 2. The summed E-state index contributed by atoms with van der Waals surface area (Å²) in [7, 11) is 1.60. The van der Waals surface area contributed by atoms with Crippen LogP contribution in [0, 0.1) is 0 Å². The lowest BCUT2D eigenvalue weighted by Crippen LogP contribution is -2.23. The lowest BCUT2D eigenvalue weighted by atomic mass is 9.98. The quantitative estimate of drug-likeness (QED) is 0.347. The highest BCUT2D eigenvalue weighted by molar-refractivity contribution is 6.31. The van der Waals surface area contributed by atoms with Gasteiger partial charge in [-0.15, -0.1) is 0 Å². The van der Waals surface area contributed by atoms with Crippen LogP contribution in [0.2, 0.25) is 5.02 Å². The number of benzene rings is 3. The van der Waals surface area contributed by atoms with Gasteiger partial charge in [0.1, 0.15) is 18.1 Å². The number of aromatic nitrogens is 1. The van der Waals surface area contributed by atoms with E-state index in [9.17, 15) is 4.79 Å². The maximum atomic E-state index is 12.8. The largest absolute Gasteiger partial charge is 0.497 e. The predicted molar refractivity (Wildman–Crippen MR) is 128 cm³/mol. The van der Waals surface area contributed by atoms with E-state index in [4.69, 9.17) is 25.6 Å². The molecule has 1 N–H and O–H groups in total. The fraction of sp³-hybridized carbons (Fsp3) is 0.154. The molecule has 1 heterocycles. The van der Waals surface area contributed by atoms with Gasteiger partial charge in [-0.3, -0.25) is 4.79 Å². The Kier molecular flexibility index (Phi) is 6.95. The van der Waals surface area contributed by atoms with Gasteiger partial charge in [-0.25, -0.2) is 0 Å². The lowest BCUT2D eigenvalue weighted by molar-refractivity contribution is 0.0947. The molecule has 168 valence electrons. The molecule has 1 amide bonds. The van der Waals surface area contributed by atoms with Crippen LogP contribution in [0.25, 0.3) is 22.5 Å². The van der Waals surface area contributed by atoms with Crippen LogP contribution in [-0.2, 0) is 6.61 Å². The molecule has 0 atom stereocenters. The number of carbonyl (C=O) groups excluding carboxylic acids is 1. The Morgan fingerprint density at radius 2 is 1.82 bits per heavy atom. The number of rotatable bonds is 8. The van der Waals surface area contributed by atoms with Gasteiger partial charge in [-0.05, 0) is 48.4 Å². The number of nitrogens with zero attached hydrogens (tertiary/aromatic N) is 1. The number of halogens is 1. The molecule has 0 aliphatic carbocycles. The molecule has 0 aliphatic heterocycles. The predicted octanol–water partition coefficient (Wildman–Crippen LogP) is 6.00. The van der Waals surface area contributed by atoms with E-state index >= 15 is 0 Å². The highest BCUT2D eigenvalue weighted by Crippen LogP contribution is 2.41. The van der Waals surface area contributed by atoms with Crippen molar-refractivity contribution in [2.45, 2.75) is 13.5 Å². The number of amides is 1. The monoisotopic (exact) mass is 462 g/mol. The minimum atomic E-state index is -0.327. The van der Waals surface area contributed by atoms with E-state index in [0.29, 0.717) is 46.6 Å². The molecule has 0 unspecified atom stereocenters. The lowest BCUT2D eigenvalue weighted by Gasteiger charge is -2.12. The third-order valence-electron chi connectivity index (χ3n) is 5.05. The smallest absolute Gasteiger partial charge is 0.274 e. The van der Waals surface area contributed by atoms with E-state index in [1.807, 2.05) is 61.5 Å². The zero-order valence-electron chi connectivity index (χ0n) is 18.3. The van der Waals surface area contributed by atoms with Crippen molar-refractivity contribution in [2.24, 2.45) is 0 Å². The van der Waals surface area contributed by atoms with Gasteiger partial charge in [-0.2, -0.15) is 0 Å². The standard InChI is InChI=1S/C26H23ClN2O4/c1-3-28-26(30)24-23(18-9-12-20(31-2)13-10-18)25(33-29-24)21-15-19(27)11-14-22(21)32-16-17-7-5-4-6-8-17/h4-15H,3,16H2,1-2H3,(H,28,30). The normalized spacial score (nSPS) is 10.6. The van der Waals surface area contributed by atoms with Crippen LogP contribution in [0.5, 0.6) is 11.5 Å². The molecule has 4 rings (SSSR count). The molecule has 0 saturated heterocycles. The summed E-state index contributed by atoms with van der Waals surface area (Å²) in [5.41, 5.74) is 3.12. The van der Waals surface area contributed by atoms with E-state index in [1.165, 1.54) is 0 Å². The van der Waals surface area contributed by atoms with Crippen LogP contribution in [0.15, 0.2) is 77.3 Å². The second-order valence-electron chi connectivity index (χ2n) is 7.24. The van der Waals surface area contributed by atoms with Crippen LogP contribution < -0.4 is 14.8 Å². The van der Waals surface area contributed by atoms with Crippen molar-refractivity contribution in [1.82, 2.24) is 10.5 Å². The minimum absolute atomic E-state index is 0.186. The van der Waals surface area contributed by atoms with E-state index < -0.39 is 0 Å². The van der Waals surface area contributed by atoms with E-state index in [-0.39, 0.29) is 11.6 Å². The van der Waals surface area contributed by atoms with Crippen molar-refractivity contribution < 1.29 is 18.8 Å². The summed E-state index contributed by atoms with van der Waals surface area (Å²) < 4.78 is 17.1. The molecule has 0 bridgehead atoms. The van der Waals surface area contributed by atoms with Crippen molar-refractivity contribution >= 4 is 17.5 Å². The molecule has 0 spiro atoms. The summed E-state index contributed by atoms with van der Waals surface area (Å²) in [5, 5.41) is 7.40. The Bertz CT molecular complexity index is 1240. The fourth-order valence-electron chi connectivity index (χ4n) is 3.44. The molecule has 4 aromatic rings. The third-order valence-corrected chi connectivity index (χ3v) is 5.28. The van der Waals surface area contributed by atoms with Gasteiger partial charge >= 0.3 is 0 Å². The summed E-state index contributed by atoms with van der Waals surface area (Å²) in [6.45, 7) is 2.68. The number of nitrogens with one attached hydrogen (secondary N) is 1. The van der Waals surface area contributed by atoms with Crippen molar-refractivity contribution in [3.05, 3.63) is 89.1 Å². The molecule has 1 aromatic heterocycles. The van der Waals surface area contributed by atoms with E-state index in [1.54, 1.807) is 25.3 Å². The first kappa shape index (κ1) is 22.4. The van der Waals surface area contributed by atoms with Gasteiger partial charge in [0.2, 0.25) is 0 Å². The highest BCUT2D eigenvalue weighted by atomic mass is 35.5. The molecule has 0 aliphatic rings. The maximum absolute atomic E-state index is 12.8.